The van der Waals surface area contributed by atoms with E-state index in [1.165, 1.54) is 58.0 Å². The molecule has 1 N–H and O–H groups in total. The Morgan fingerprint density at radius 3 is 2.58 bits per heavy atom. The molecule has 0 amide bonds. The van der Waals surface area contributed by atoms with Gasteiger partial charge in [0.1, 0.15) is 0 Å². The third-order valence-electron chi connectivity index (χ3n) is 5.70. The summed E-state index contributed by atoms with van der Waals surface area (Å²) >= 11 is 0. The maximum Gasteiger partial charge on any atom is 0.0735 e. The van der Waals surface area contributed by atoms with Gasteiger partial charge in [-0.05, 0) is 44.4 Å². The summed E-state index contributed by atoms with van der Waals surface area (Å²) in [7, 11) is 0. The van der Waals surface area contributed by atoms with Gasteiger partial charge in [0.15, 0.2) is 0 Å². The molecular formula is C16H30N2O. The Hall–Kier alpha value is -0.120. The standard InChI is InChI=1S/C16H30N2O/c1-2-19-15-13-16(6-3-4-7-16)8-5-14(15)18-11-9-17-10-12-18/h14-15,17H,2-13H2,1H3. The van der Waals surface area contributed by atoms with Crippen molar-refractivity contribution in [3.05, 3.63) is 0 Å². The fraction of sp³-hybridized carbons (Fsp3) is 1.00. The molecule has 3 aliphatic rings. The molecule has 2 saturated carbocycles. The van der Waals surface area contributed by atoms with Crippen LogP contribution in [0.3, 0.4) is 0 Å². The van der Waals surface area contributed by atoms with Crippen LogP contribution in [-0.4, -0.2) is 49.8 Å². The predicted octanol–water partition coefficient (Wildman–Crippen LogP) is 2.41. The highest BCUT2D eigenvalue weighted by atomic mass is 16.5. The van der Waals surface area contributed by atoms with E-state index in [2.05, 4.69) is 17.1 Å². The Kier molecular flexibility index (Phi) is 4.45. The minimum absolute atomic E-state index is 0.495. The lowest BCUT2D eigenvalue weighted by molar-refractivity contribution is -0.0696. The lowest BCUT2D eigenvalue weighted by Gasteiger charge is -2.47. The minimum atomic E-state index is 0.495. The van der Waals surface area contributed by atoms with Crippen LogP contribution in [0, 0.1) is 5.41 Å². The van der Waals surface area contributed by atoms with Crippen molar-refractivity contribution >= 4 is 0 Å². The number of rotatable bonds is 3. The molecule has 0 radical (unpaired) electrons. The number of ether oxygens (including phenoxy) is 1. The van der Waals surface area contributed by atoms with Gasteiger partial charge in [-0.15, -0.1) is 0 Å². The SMILES string of the molecule is CCOC1CC2(CCCC2)CCC1N1CCNCC1. The van der Waals surface area contributed by atoms with Crippen LogP contribution in [0.2, 0.25) is 0 Å². The largest absolute Gasteiger partial charge is 0.377 e. The first-order valence-corrected chi connectivity index (χ1v) is 8.39. The van der Waals surface area contributed by atoms with Gasteiger partial charge in [0.05, 0.1) is 6.10 Å². The summed E-state index contributed by atoms with van der Waals surface area (Å²) < 4.78 is 6.17. The summed E-state index contributed by atoms with van der Waals surface area (Å²) in [6.07, 6.45) is 10.5. The van der Waals surface area contributed by atoms with Crippen molar-refractivity contribution in [3.8, 4) is 0 Å². The van der Waals surface area contributed by atoms with Gasteiger partial charge in [-0.1, -0.05) is 12.8 Å². The van der Waals surface area contributed by atoms with Crippen molar-refractivity contribution < 1.29 is 4.74 Å². The lowest BCUT2D eigenvalue weighted by atomic mass is 9.69. The highest BCUT2D eigenvalue weighted by molar-refractivity contribution is 4.97. The molecule has 2 unspecified atom stereocenters. The smallest absolute Gasteiger partial charge is 0.0735 e. The van der Waals surface area contributed by atoms with Crippen LogP contribution in [0.4, 0.5) is 0 Å². The second-order valence-electron chi connectivity index (χ2n) is 6.80. The Bertz CT molecular complexity index is 282. The van der Waals surface area contributed by atoms with Gasteiger partial charge in [-0.25, -0.2) is 0 Å². The summed E-state index contributed by atoms with van der Waals surface area (Å²) in [5, 5.41) is 3.47. The van der Waals surface area contributed by atoms with E-state index in [0.29, 0.717) is 17.6 Å². The van der Waals surface area contributed by atoms with E-state index in [0.717, 1.165) is 19.7 Å². The summed E-state index contributed by atoms with van der Waals surface area (Å²) in [5.74, 6) is 0. The molecule has 0 aromatic carbocycles. The predicted molar refractivity (Wildman–Crippen MR) is 78.4 cm³/mol. The Morgan fingerprint density at radius 1 is 1.16 bits per heavy atom. The molecule has 0 aromatic heterocycles. The van der Waals surface area contributed by atoms with Crippen molar-refractivity contribution in [1.29, 1.82) is 0 Å². The summed E-state index contributed by atoms with van der Waals surface area (Å²) in [6.45, 7) is 7.76. The van der Waals surface area contributed by atoms with Crippen molar-refractivity contribution in [2.45, 2.75) is 64.0 Å². The van der Waals surface area contributed by atoms with Crippen molar-refractivity contribution in [2.24, 2.45) is 5.41 Å². The fourth-order valence-corrected chi connectivity index (χ4v) is 4.70. The van der Waals surface area contributed by atoms with Crippen LogP contribution in [0.5, 0.6) is 0 Å². The van der Waals surface area contributed by atoms with E-state index in [1.807, 2.05) is 0 Å². The molecule has 0 aromatic rings. The number of nitrogens with one attached hydrogen (secondary N) is 1. The molecule has 3 nitrogen and oxygen atoms in total. The van der Waals surface area contributed by atoms with Gasteiger partial charge in [-0.3, -0.25) is 4.90 Å². The van der Waals surface area contributed by atoms with Gasteiger partial charge in [0, 0.05) is 38.8 Å². The van der Waals surface area contributed by atoms with Crippen LogP contribution < -0.4 is 5.32 Å². The zero-order chi connectivity index (χ0) is 13.1. The van der Waals surface area contributed by atoms with Gasteiger partial charge in [-0.2, -0.15) is 0 Å². The second-order valence-corrected chi connectivity index (χ2v) is 6.80. The number of hydrogen-bond donors (Lipinski definition) is 1. The van der Waals surface area contributed by atoms with E-state index in [4.69, 9.17) is 4.74 Å². The third kappa shape index (κ3) is 2.98. The average molecular weight is 266 g/mol. The molecule has 0 bridgehead atoms. The van der Waals surface area contributed by atoms with Gasteiger partial charge in [0.2, 0.25) is 0 Å². The first-order valence-electron chi connectivity index (χ1n) is 8.39. The molecule has 1 aliphatic heterocycles. The molecule has 1 saturated heterocycles. The van der Waals surface area contributed by atoms with Crippen LogP contribution >= 0.6 is 0 Å². The van der Waals surface area contributed by atoms with Crippen LogP contribution in [-0.2, 0) is 4.74 Å². The molecular weight excluding hydrogens is 236 g/mol. The quantitative estimate of drug-likeness (QED) is 0.849. The minimum Gasteiger partial charge on any atom is -0.377 e. The molecule has 3 rings (SSSR count). The van der Waals surface area contributed by atoms with E-state index >= 15 is 0 Å². The Morgan fingerprint density at radius 2 is 1.89 bits per heavy atom. The highest BCUT2D eigenvalue weighted by Gasteiger charge is 2.44. The van der Waals surface area contributed by atoms with Gasteiger partial charge < -0.3 is 10.1 Å². The molecule has 2 aliphatic carbocycles. The van der Waals surface area contributed by atoms with Crippen LogP contribution in [0.25, 0.3) is 0 Å². The molecule has 110 valence electrons. The maximum absolute atomic E-state index is 6.17. The van der Waals surface area contributed by atoms with E-state index in [1.54, 1.807) is 0 Å². The summed E-state index contributed by atoms with van der Waals surface area (Å²) in [4.78, 5) is 2.69. The van der Waals surface area contributed by atoms with E-state index < -0.39 is 0 Å². The molecule has 1 spiro atoms. The second kappa shape index (κ2) is 6.11. The normalized spacial score (nSPS) is 35.8. The first-order chi connectivity index (χ1) is 9.33. The maximum atomic E-state index is 6.17. The topological polar surface area (TPSA) is 24.5 Å². The van der Waals surface area contributed by atoms with E-state index in [-0.39, 0.29) is 0 Å². The van der Waals surface area contributed by atoms with Crippen molar-refractivity contribution in [1.82, 2.24) is 10.2 Å². The van der Waals surface area contributed by atoms with Crippen molar-refractivity contribution in [2.75, 3.05) is 32.8 Å². The number of piperazine rings is 1. The van der Waals surface area contributed by atoms with Gasteiger partial charge >= 0.3 is 0 Å². The molecule has 1 heterocycles. The zero-order valence-corrected chi connectivity index (χ0v) is 12.5. The first kappa shape index (κ1) is 13.8. The Labute approximate surface area is 118 Å². The lowest BCUT2D eigenvalue weighted by Crippen LogP contribution is -2.55. The Balaban J connectivity index is 1.66. The fourth-order valence-electron chi connectivity index (χ4n) is 4.70. The summed E-state index contributed by atoms with van der Waals surface area (Å²) in [6, 6.07) is 0.688. The monoisotopic (exact) mass is 266 g/mol. The third-order valence-corrected chi connectivity index (χ3v) is 5.70. The number of nitrogens with zero attached hydrogens (tertiary/aromatic N) is 1. The molecule has 19 heavy (non-hydrogen) atoms. The highest BCUT2D eigenvalue weighted by Crippen LogP contribution is 2.50. The molecule has 2 atom stereocenters. The summed E-state index contributed by atoms with van der Waals surface area (Å²) in [5.41, 5.74) is 0.657. The average Bonchev–Trinajstić information content (AvgIpc) is 2.89. The zero-order valence-electron chi connectivity index (χ0n) is 12.5. The van der Waals surface area contributed by atoms with Gasteiger partial charge in [0.25, 0.3) is 0 Å². The van der Waals surface area contributed by atoms with E-state index in [9.17, 15) is 0 Å². The number of hydrogen-bond acceptors (Lipinski definition) is 3. The van der Waals surface area contributed by atoms with Crippen LogP contribution in [0.15, 0.2) is 0 Å². The molecule has 3 heteroatoms. The molecule has 3 fully saturated rings. The van der Waals surface area contributed by atoms with Crippen LogP contribution in [0.1, 0.15) is 51.9 Å². The van der Waals surface area contributed by atoms with Crippen molar-refractivity contribution in [3.63, 3.8) is 0 Å².